The summed E-state index contributed by atoms with van der Waals surface area (Å²) in [6, 6.07) is 16.5. The lowest BCUT2D eigenvalue weighted by atomic mass is 9.68. The average Bonchev–Trinajstić information content (AvgIpc) is 3.10. The Morgan fingerprint density at radius 3 is 1.74 bits per heavy atom. The van der Waals surface area contributed by atoms with Crippen molar-refractivity contribution in [2.24, 2.45) is 17.8 Å². The molecule has 0 saturated heterocycles. The predicted molar refractivity (Wildman–Crippen MR) is 193 cm³/mol. The molecule has 5 rings (SSSR count). The maximum absolute atomic E-state index is 15.5. The van der Waals surface area contributed by atoms with E-state index in [0.717, 1.165) is 73.0 Å². The maximum atomic E-state index is 15.5. The first-order chi connectivity index (χ1) is 23.0. The first-order valence-corrected chi connectivity index (χ1v) is 19.4. The molecule has 0 heterocycles. The number of hydrogen-bond acceptors (Lipinski definition) is 0. The van der Waals surface area contributed by atoms with Crippen LogP contribution in [0.2, 0.25) is 0 Å². The first-order valence-electron chi connectivity index (χ1n) is 19.4. The summed E-state index contributed by atoms with van der Waals surface area (Å²) in [6.45, 7) is 4.46. The molecule has 2 aliphatic carbocycles. The van der Waals surface area contributed by atoms with Crippen LogP contribution in [0, 0.1) is 35.2 Å². The molecule has 0 radical (unpaired) electrons. The number of unbranched alkanes of at least 4 members (excludes halogenated alkanes) is 8. The van der Waals surface area contributed by atoms with Crippen molar-refractivity contribution in [3.05, 3.63) is 83.2 Å². The third-order valence-corrected chi connectivity index (χ3v) is 11.7. The largest absolute Gasteiger partial charge is 0.207 e. The fraction of sp³-hybridized carbons (Fsp3) is 0.591. The second-order valence-electron chi connectivity index (χ2n) is 15.0. The standard InChI is InChI=1S/C44H59F3/c1-3-5-7-9-11-13-32-15-17-33(18-16-32)34-19-23-36(24-20-34)40-29-28-39(31-42(40)45)35-21-25-37(26-22-35)41-30-27-38(43(46)44(41)47)14-12-10-8-6-4-2/h21-22,25-34,36H,3-20,23-24H2,1-2H3. The van der Waals surface area contributed by atoms with Gasteiger partial charge >= 0.3 is 0 Å². The van der Waals surface area contributed by atoms with Crippen LogP contribution in [-0.4, -0.2) is 0 Å². The van der Waals surface area contributed by atoms with Gasteiger partial charge in [0.2, 0.25) is 0 Å². The molecule has 0 aliphatic heterocycles. The monoisotopic (exact) mass is 644 g/mol. The molecular weight excluding hydrogens is 585 g/mol. The van der Waals surface area contributed by atoms with Crippen molar-refractivity contribution >= 4 is 0 Å². The third kappa shape index (κ3) is 9.76. The maximum Gasteiger partial charge on any atom is 0.166 e. The minimum Gasteiger partial charge on any atom is -0.207 e. The SMILES string of the molecule is CCCCCCCc1ccc(-c2ccc(-c3ccc(C4CCC(C5CCC(CCCCCCC)CC5)CC4)c(F)c3)cc2)c(F)c1F. The van der Waals surface area contributed by atoms with E-state index in [1.54, 1.807) is 18.2 Å². The van der Waals surface area contributed by atoms with Gasteiger partial charge in [0.1, 0.15) is 5.82 Å². The Labute approximate surface area is 284 Å². The van der Waals surface area contributed by atoms with Gasteiger partial charge in [-0.2, -0.15) is 0 Å². The normalized spacial score (nSPS) is 21.6. The van der Waals surface area contributed by atoms with E-state index in [0.29, 0.717) is 23.5 Å². The molecule has 2 aliphatic rings. The highest BCUT2D eigenvalue weighted by atomic mass is 19.2. The average molecular weight is 645 g/mol. The lowest BCUT2D eigenvalue weighted by Crippen LogP contribution is -2.25. The molecule has 0 N–H and O–H groups in total. The molecule has 3 aromatic carbocycles. The van der Waals surface area contributed by atoms with Crippen molar-refractivity contribution in [3.63, 3.8) is 0 Å². The summed E-state index contributed by atoms with van der Waals surface area (Å²) in [5, 5.41) is 0. The predicted octanol–water partition coefficient (Wildman–Crippen LogP) is 14.4. The highest BCUT2D eigenvalue weighted by Gasteiger charge is 2.32. The molecule has 3 aromatic rings. The second-order valence-corrected chi connectivity index (χ2v) is 15.0. The van der Waals surface area contributed by atoms with Crippen LogP contribution in [-0.2, 0) is 6.42 Å². The summed E-state index contributed by atoms with van der Waals surface area (Å²) in [5.74, 6) is 1.33. The summed E-state index contributed by atoms with van der Waals surface area (Å²) in [5.41, 5.74) is 3.91. The molecule has 0 nitrogen and oxygen atoms in total. The first kappa shape index (κ1) is 35.7. The quantitative estimate of drug-likeness (QED) is 0.136. The van der Waals surface area contributed by atoms with Crippen molar-refractivity contribution < 1.29 is 13.2 Å². The van der Waals surface area contributed by atoms with Crippen LogP contribution >= 0.6 is 0 Å². The number of hydrogen-bond donors (Lipinski definition) is 0. The van der Waals surface area contributed by atoms with Crippen molar-refractivity contribution in [3.8, 4) is 22.3 Å². The van der Waals surface area contributed by atoms with E-state index in [1.807, 2.05) is 36.4 Å². The van der Waals surface area contributed by atoms with E-state index in [4.69, 9.17) is 0 Å². The Balaban J connectivity index is 1.11. The number of halogens is 3. The topological polar surface area (TPSA) is 0 Å². The van der Waals surface area contributed by atoms with Crippen molar-refractivity contribution in [2.75, 3.05) is 0 Å². The molecule has 256 valence electrons. The zero-order valence-corrected chi connectivity index (χ0v) is 29.3. The van der Waals surface area contributed by atoms with Gasteiger partial charge in [-0.15, -0.1) is 0 Å². The summed E-state index contributed by atoms with van der Waals surface area (Å²) in [4.78, 5) is 0. The fourth-order valence-electron chi connectivity index (χ4n) is 8.69. The van der Waals surface area contributed by atoms with Crippen molar-refractivity contribution in [1.29, 1.82) is 0 Å². The van der Waals surface area contributed by atoms with E-state index in [1.165, 1.54) is 83.5 Å². The van der Waals surface area contributed by atoms with Crippen LogP contribution in [0.3, 0.4) is 0 Å². The number of benzene rings is 3. The van der Waals surface area contributed by atoms with Gasteiger partial charge in [0, 0.05) is 5.56 Å². The van der Waals surface area contributed by atoms with Gasteiger partial charge in [-0.1, -0.05) is 139 Å². The molecule has 0 amide bonds. The van der Waals surface area contributed by atoms with E-state index >= 15 is 8.78 Å². The summed E-state index contributed by atoms with van der Waals surface area (Å²) in [6.07, 6.45) is 24.7. The van der Waals surface area contributed by atoms with Crippen LogP contribution in [0.4, 0.5) is 13.2 Å². The molecule has 0 atom stereocenters. The Morgan fingerprint density at radius 1 is 0.532 bits per heavy atom. The molecule has 3 heteroatoms. The van der Waals surface area contributed by atoms with Crippen LogP contribution in [0.1, 0.15) is 153 Å². The van der Waals surface area contributed by atoms with Gasteiger partial charge in [0.25, 0.3) is 0 Å². The lowest BCUT2D eigenvalue weighted by Gasteiger charge is -2.38. The molecule has 0 spiro atoms. The van der Waals surface area contributed by atoms with Gasteiger partial charge < -0.3 is 0 Å². The van der Waals surface area contributed by atoms with Crippen molar-refractivity contribution in [2.45, 2.75) is 148 Å². The molecule has 2 saturated carbocycles. The molecule has 0 aromatic heterocycles. The zero-order valence-electron chi connectivity index (χ0n) is 29.3. The third-order valence-electron chi connectivity index (χ3n) is 11.7. The number of aryl methyl sites for hydroxylation is 1. The minimum atomic E-state index is -0.783. The van der Waals surface area contributed by atoms with Gasteiger partial charge in [-0.3, -0.25) is 0 Å². The van der Waals surface area contributed by atoms with E-state index in [-0.39, 0.29) is 11.4 Å². The van der Waals surface area contributed by atoms with Gasteiger partial charge in [-0.25, -0.2) is 13.2 Å². The van der Waals surface area contributed by atoms with Gasteiger partial charge in [0.05, 0.1) is 0 Å². The summed E-state index contributed by atoms with van der Waals surface area (Å²) in [7, 11) is 0. The summed E-state index contributed by atoms with van der Waals surface area (Å²) < 4.78 is 45.5. The molecular formula is C44H59F3. The van der Waals surface area contributed by atoms with E-state index in [2.05, 4.69) is 13.8 Å². The van der Waals surface area contributed by atoms with E-state index < -0.39 is 11.6 Å². The highest BCUT2D eigenvalue weighted by molar-refractivity contribution is 5.71. The van der Waals surface area contributed by atoms with Crippen LogP contribution < -0.4 is 0 Å². The smallest absolute Gasteiger partial charge is 0.166 e. The molecule has 0 unspecified atom stereocenters. The highest BCUT2D eigenvalue weighted by Crippen LogP contribution is 2.45. The second kappa shape index (κ2) is 18.3. The fourth-order valence-corrected chi connectivity index (χ4v) is 8.69. The van der Waals surface area contributed by atoms with Crippen LogP contribution in [0.25, 0.3) is 22.3 Å². The Hall–Kier alpha value is -2.55. The zero-order chi connectivity index (χ0) is 33.0. The van der Waals surface area contributed by atoms with Crippen LogP contribution in [0.5, 0.6) is 0 Å². The van der Waals surface area contributed by atoms with Gasteiger partial charge in [-0.05, 0) is 109 Å². The van der Waals surface area contributed by atoms with E-state index in [9.17, 15) is 4.39 Å². The van der Waals surface area contributed by atoms with Crippen molar-refractivity contribution in [1.82, 2.24) is 0 Å². The Bertz CT molecular complexity index is 1360. The minimum absolute atomic E-state index is 0.118. The molecule has 2 fully saturated rings. The number of rotatable bonds is 16. The Kier molecular flexibility index (Phi) is 13.9. The van der Waals surface area contributed by atoms with Gasteiger partial charge in [0.15, 0.2) is 11.6 Å². The lowest BCUT2D eigenvalue weighted by molar-refractivity contribution is 0.155. The molecule has 0 bridgehead atoms. The molecule has 47 heavy (non-hydrogen) atoms. The Morgan fingerprint density at radius 2 is 1.11 bits per heavy atom. The summed E-state index contributed by atoms with van der Waals surface area (Å²) >= 11 is 0. The van der Waals surface area contributed by atoms with Crippen LogP contribution in [0.15, 0.2) is 54.6 Å².